The number of carbonyl (C=O) groups excluding carboxylic acids is 1. The maximum Gasteiger partial charge on any atom is 0.234 e. The van der Waals surface area contributed by atoms with Gasteiger partial charge in [0.1, 0.15) is 5.75 Å². The Kier molecular flexibility index (Phi) is 6.70. The van der Waals surface area contributed by atoms with E-state index in [1.807, 2.05) is 24.3 Å². The van der Waals surface area contributed by atoms with E-state index in [9.17, 15) is 4.79 Å². The molecular weight excluding hydrogens is 314 g/mol. The summed E-state index contributed by atoms with van der Waals surface area (Å²) in [5.41, 5.74) is 1.02. The number of methoxy groups -OCH3 is 1. The van der Waals surface area contributed by atoms with E-state index in [4.69, 9.17) is 4.74 Å². The molecule has 1 aromatic rings. The summed E-state index contributed by atoms with van der Waals surface area (Å²) in [6, 6.07) is 8.37. The fraction of sp³-hybridized carbons (Fsp3) is 0.650. The van der Waals surface area contributed by atoms with Crippen LogP contribution in [-0.4, -0.2) is 61.6 Å². The highest BCUT2D eigenvalue weighted by molar-refractivity contribution is 5.78. The molecule has 2 aliphatic heterocycles. The fourth-order valence-corrected chi connectivity index (χ4v) is 4.03. The van der Waals surface area contributed by atoms with Crippen molar-refractivity contribution in [3.8, 4) is 5.75 Å². The van der Waals surface area contributed by atoms with Crippen molar-refractivity contribution in [2.75, 3.05) is 39.8 Å². The Labute approximate surface area is 151 Å². The minimum Gasteiger partial charge on any atom is -0.496 e. The van der Waals surface area contributed by atoms with E-state index in [0.717, 1.165) is 24.4 Å². The predicted octanol–water partition coefficient (Wildman–Crippen LogP) is 2.26. The zero-order chi connectivity index (χ0) is 17.5. The highest BCUT2D eigenvalue weighted by Crippen LogP contribution is 2.20. The van der Waals surface area contributed by atoms with Gasteiger partial charge in [-0.25, -0.2) is 0 Å². The minimum absolute atomic E-state index is 0.108. The van der Waals surface area contributed by atoms with Crippen molar-refractivity contribution in [2.24, 2.45) is 0 Å². The standard InChI is InChI=1S/C20H31N3O2/c1-25-19-10-4-3-8-17(19)14-21-20(24)16-23-13-7-9-18(23)15-22-11-5-2-6-12-22/h3-4,8,10,18H,2,5-7,9,11-16H2,1H3,(H,21,24)/t18-/m1/s1. The lowest BCUT2D eigenvalue weighted by molar-refractivity contribution is -0.122. The second-order valence-electron chi connectivity index (χ2n) is 7.22. The third-order valence-corrected chi connectivity index (χ3v) is 5.43. The summed E-state index contributed by atoms with van der Waals surface area (Å²) in [5.74, 6) is 0.934. The first-order valence-electron chi connectivity index (χ1n) is 9.61. The number of hydrogen-bond donors (Lipinski definition) is 1. The second-order valence-corrected chi connectivity index (χ2v) is 7.22. The van der Waals surface area contributed by atoms with Crippen LogP contribution in [0, 0.1) is 0 Å². The number of para-hydroxylation sites is 1. The third kappa shape index (κ3) is 5.19. The summed E-state index contributed by atoms with van der Waals surface area (Å²) in [7, 11) is 1.66. The lowest BCUT2D eigenvalue weighted by Crippen LogP contribution is -2.45. The molecule has 5 nitrogen and oxygen atoms in total. The number of likely N-dealkylation sites (tertiary alicyclic amines) is 2. The molecular formula is C20H31N3O2. The van der Waals surface area contributed by atoms with Gasteiger partial charge in [-0.3, -0.25) is 9.69 Å². The molecule has 1 amide bonds. The van der Waals surface area contributed by atoms with Gasteiger partial charge in [-0.2, -0.15) is 0 Å². The first-order chi connectivity index (χ1) is 12.3. The van der Waals surface area contributed by atoms with Gasteiger partial charge in [0, 0.05) is 24.7 Å². The van der Waals surface area contributed by atoms with Crippen LogP contribution in [-0.2, 0) is 11.3 Å². The van der Waals surface area contributed by atoms with Gasteiger partial charge >= 0.3 is 0 Å². The molecule has 0 bridgehead atoms. The molecule has 0 saturated carbocycles. The van der Waals surface area contributed by atoms with Gasteiger partial charge in [-0.1, -0.05) is 24.6 Å². The number of amides is 1. The average molecular weight is 345 g/mol. The quantitative estimate of drug-likeness (QED) is 0.823. The van der Waals surface area contributed by atoms with E-state index in [0.29, 0.717) is 19.1 Å². The van der Waals surface area contributed by atoms with E-state index >= 15 is 0 Å². The summed E-state index contributed by atoms with van der Waals surface area (Å²) in [4.78, 5) is 17.4. The smallest absolute Gasteiger partial charge is 0.234 e. The van der Waals surface area contributed by atoms with Crippen molar-refractivity contribution >= 4 is 5.91 Å². The van der Waals surface area contributed by atoms with E-state index < -0.39 is 0 Å². The SMILES string of the molecule is COc1ccccc1CNC(=O)CN1CCC[C@@H]1CN1CCCCC1. The van der Waals surface area contributed by atoms with Gasteiger partial charge < -0.3 is 15.0 Å². The highest BCUT2D eigenvalue weighted by Gasteiger charge is 2.28. The van der Waals surface area contributed by atoms with Gasteiger partial charge in [0.2, 0.25) is 5.91 Å². The molecule has 0 aromatic heterocycles. The van der Waals surface area contributed by atoms with Crippen molar-refractivity contribution in [1.29, 1.82) is 0 Å². The number of nitrogens with zero attached hydrogens (tertiary/aromatic N) is 2. The van der Waals surface area contributed by atoms with Gasteiger partial charge in [-0.05, 0) is 51.4 Å². The van der Waals surface area contributed by atoms with Crippen LogP contribution in [0.2, 0.25) is 0 Å². The van der Waals surface area contributed by atoms with E-state index in [1.54, 1.807) is 7.11 Å². The monoisotopic (exact) mass is 345 g/mol. The van der Waals surface area contributed by atoms with Crippen molar-refractivity contribution in [3.05, 3.63) is 29.8 Å². The molecule has 1 aromatic carbocycles. The minimum atomic E-state index is 0.108. The summed E-state index contributed by atoms with van der Waals surface area (Å²) in [6.45, 7) is 5.65. The molecule has 5 heteroatoms. The predicted molar refractivity (Wildman–Crippen MR) is 99.7 cm³/mol. The topological polar surface area (TPSA) is 44.8 Å². The number of rotatable bonds is 7. The van der Waals surface area contributed by atoms with Crippen LogP contribution in [0.4, 0.5) is 0 Å². The fourth-order valence-electron chi connectivity index (χ4n) is 4.03. The Bertz CT molecular complexity index is 558. The van der Waals surface area contributed by atoms with Crippen LogP contribution >= 0.6 is 0 Å². The highest BCUT2D eigenvalue weighted by atomic mass is 16.5. The van der Waals surface area contributed by atoms with Crippen molar-refractivity contribution < 1.29 is 9.53 Å². The van der Waals surface area contributed by atoms with Gasteiger partial charge in [0.15, 0.2) is 0 Å². The lowest BCUT2D eigenvalue weighted by atomic mass is 10.1. The van der Waals surface area contributed by atoms with Crippen molar-refractivity contribution in [1.82, 2.24) is 15.1 Å². The van der Waals surface area contributed by atoms with Crippen LogP contribution in [0.15, 0.2) is 24.3 Å². The molecule has 2 aliphatic rings. The Morgan fingerprint density at radius 2 is 1.96 bits per heavy atom. The summed E-state index contributed by atoms with van der Waals surface area (Å²) >= 11 is 0. The molecule has 25 heavy (non-hydrogen) atoms. The lowest BCUT2D eigenvalue weighted by Gasteiger charge is -2.32. The first-order valence-corrected chi connectivity index (χ1v) is 9.61. The molecule has 1 atom stereocenters. The van der Waals surface area contributed by atoms with E-state index in [-0.39, 0.29) is 5.91 Å². The number of hydrogen-bond acceptors (Lipinski definition) is 4. The maximum atomic E-state index is 12.4. The zero-order valence-corrected chi connectivity index (χ0v) is 15.4. The average Bonchev–Trinajstić information content (AvgIpc) is 3.07. The Morgan fingerprint density at radius 1 is 1.16 bits per heavy atom. The molecule has 0 unspecified atom stereocenters. The molecule has 3 rings (SSSR count). The second kappa shape index (κ2) is 9.20. The Morgan fingerprint density at radius 3 is 2.76 bits per heavy atom. The summed E-state index contributed by atoms with van der Waals surface area (Å²) < 4.78 is 5.35. The van der Waals surface area contributed by atoms with Gasteiger partial charge in [-0.15, -0.1) is 0 Å². The number of ether oxygens (including phenoxy) is 1. The third-order valence-electron chi connectivity index (χ3n) is 5.43. The van der Waals surface area contributed by atoms with Crippen LogP contribution in [0.25, 0.3) is 0 Å². The normalized spacial score (nSPS) is 22.0. The molecule has 2 fully saturated rings. The van der Waals surface area contributed by atoms with E-state index in [1.165, 1.54) is 45.2 Å². The molecule has 2 saturated heterocycles. The molecule has 1 N–H and O–H groups in total. The Hall–Kier alpha value is -1.59. The number of benzene rings is 1. The summed E-state index contributed by atoms with van der Waals surface area (Å²) in [5, 5.41) is 3.05. The molecule has 138 valence electrons. The molecule has 0 spiro atoms. The van der Waals surface area contributed by atoms with E-state index in [2.05, 4.69) is 15.1 Å². The van der Waals surface area contributed by atoms with Crippen LogP contribution < -0.4 is 10.1 Å². The number of nitrogens with one attached hydrogen (secondary N) is 1. The largest absolute Gasteiger partial charge is 0.496 e. The number of carbonyl (C=O) groups is 1. The number of piperidine rings is 1. The van der Waals surface area contributed by atoms with Crippen molar-refractivity contribution in [2.45, 2.75) is 44.7 Å². The summed E-state index contributed by atoms with van der Waals surface area (Å²) in [6.07, 6.45) is 6.45. The first kappa shape index (κ1) is 18.2. The van der Waals surface area contributed by atoms with Crippen LogP contribution in [0.1, 0.15) is 37.7 Å². The molecule has 2 heterocycles. The Balaban J connectivity index is 1.46. The van der Waals surface area contributed by atoms with Gasteiger partial charge in [0.25, 0.3) is 0 Å². The molecule has 0 radical (unpaired) electrons. The van der Waals surface area contributed by atoms with Crippen molar-refractivity contribution in [3.63, 3.8) is 0 Å². The van der Waals surface area contributed by atoms with Crippen LogP contribution in [0.5, 0.6) is 5.75 Å². The van der Waals surface area contributed by atoms with Gasteiger partial charge in [0.05, 0.1) is 13.7 Å². The maximum absolute atomic E-state index is 12.4. The molecule has 0 aliphatic carbocycles. The zero-order valence-electron chi connectivity index (χ0n) is 15.4. The van der Waals surface area contributed by atoms with Crippen LogP contribution in [0.3, 0.4) is 0 Å².